The van der Waals surface area contributed by atoms with Crippen LogP contribution in [0.4, 0.5) is 22.0 Å². The number of carbonyl (C=O) groups is 1. The van der Waals surface area contributed by atoms with E-state index >= 15 is 0 Å². The third-order valence-electron chi connectivity index (χ3n) is 1.99. The summed E-state index contributed by atoms with van der Waals surface area (Å²) in [5.41, 5.74) is -3.35. The van der Waals surface area contributed by atoms with Crippen molar-refractivity contribution in [2.75, 3.05) is 0 Å². The minimum Gasteiger partial charge on any atom is -0.478 e. The van der Waals surface area contributed by atoms with Crippen LogP contribution >= 0.6 is 0 Å². The lowest BCUT2D eigenvalue weighted by molar-refractivity contribution is -0.141. The zero-order valence-electron chi connectivity index (χ0n) is 8.83. The van der Waals surface area contributed by atoms with E-state index in [1.54, 1.807) is 0 Å². The molecule has 0 heterocycles. The summed E-state index contributed by atoms with van der Waals surface area (Å²) in [6.45, 7) is -3.54. The van der Waals surface area contributed by atoms with Gasteiger partial charge in [0.05, 0.1) is 16.7 Å². The number of nitriles is 1. The highest BCUT2D eigenvalue weighted by atomic mass is 19.4. The molecule has 0 unspecified atom stereocenters. The molecular weight excluding hydrogens is 277 g/mol. The van der Waals surface area contributed by atoms with Gasteiger partial charge < -0.3 is 9.84 Å². The minimum atomic E-state index is -5.09. The van der Waals surface area contributed by atoms with Crippen molar-refractivity contribution in [2.24, 2.45) is 0 Å². The molecule has 0 atom stereocenters. The van der Waals surface area contributed by atoms with E-state index in [-0.39, 0.29) is 6.07 Å². The van der Waals surface area contributed by atoms with E-state index < -0.39 is 41.2 Å². The van der Waals surface area contributed by atoms with Crippen molar-refractivity contribution in [3.05, 3.63) is 28.8 Å². The fourth-order valence-electron chi connectivity index (χ4n) is 1.26. The number of aromatic carboxylic acids is 1. The summed E-state index contributed by atoms with van der Waals surface area (Å²) < 4.78 is 65.4. The lowest BCUT2D eigenvalue weighted by atomic mass is 10.0. The molecular formula is C10H4F5NO3. The van der Waals surface area contributed by atoms with Crippen LogP contribution in [-0.4, -0.2) is 17.7 Å². The van der Waals surface area contributed by atoms with Gasteiger partial charge in [-0.15, -0.1) is 0 Å². The van der Waals surface area contributed by atoms with E-state index in [1.165, 1.54) is 6.07 Å². The molecule has 0 amide bonds. The Balaban J connectivity index is 3.54. The van der Waals surface area contributed by atoms with Crippen molar-refractivity contribution in [1.29, 1.82) is 5.26 Å². The third kappa shape index (κ3) is 3.31. The van der Waals surface area contributed by atoms with Crippen LogP contribution in [0.1, 0.15) is 21.5 Å². The summed E-state index contributed by atoms with van der Waals surface area (Å²) >= 11 is 0. The first-order chi connectivity index (χ1) is 8.66. The predicted molar refractivity (Wildman–Crippen MR) is 49.8 cm³/mol. The second-order valence-corrected chi connectivity index (χ2v) is 3.19. The van der Waals surface area contributed by atoms with Crippen molar-refractivity contribution in [3.63, 3.8) is 0 Å². The van der Waals surface area contributed by atoms with Crippen molar-refractivity contribution >= 4 is 5.97 Å². The molecule has 0 aliphatic carbocycles. The highest BCUT2D eigenvalue weighted by Crippen LogP contribution is 2.38. The topological polar surface area (TPSA) is 70.3 Å². The molecule has 1 N–H and O–H groups in total. The molecule has 1 aromatic rings. The maximum Gasteiger partial charge on any atom is 0.419 e. The molecule has 0 aromatic heterocycles. The van der Waals surface area contributed by atoms with Gasteiger partial charge in [-0.3, -0.25) is 0 Å². The van der Waals surface area contributed by atoms with Crippen molar-refractivity contribution in [1.82, 2.24) is 0 Å². The van der Waals surface area contributed by atoms with Crippen LogP contribution in [0.25, 0.3) is 0 Å². The highest BCUT2D eigenvalue weighted by molar-refractivity contribution is 5.91. The molecule has 1 aromatic carbocycles. The third-order valence-corrected chi connectivity index (χ3v) is 1.99. The van der Waals surface area contributed by atoms with E-state index in [9.17, 15) is 26.7 Å². The first-order valence-corrected chi connectivity index (χ1v) is 4.50. The maximum absolute atomic E-state index is 12.6. The Morgan fingerprint density at radius 2 is 1.95 bits per heavy atom. The van der Waals surface area contributed by atoms with Gasteiger partial charge in [0.15, 0.2) is 0 Å². The minimum absolute atomic E-state index is 0.0819. The van der Waals surface area contributed by atoms with Crippen LogP contribution in [-0.2, 0) is 6.18 Å². The number of rotatable bonds is 3. The molecule has 0 bridgehead atoms. The van der Waals surface area contributed by atoms with Crippen LogP contribution in [0.2, 0.25) is 0 Å². The molecule has 0 saturated carbocycles. The number of alkyl halides is 5. The van der Waals surface area contributed by atoms with Gasteiger partial charge in [0.25, 0.3) is 0 Å². The van der Waals surface area contributed by atoms with Crippen LogP contribution in [0.15, 0.2) is 12.1 Å². The first kappa shape index (κ1) is 14.7. The first-order valence-electron chi connectivity index (χ1n) is 4.50. The maximum atomic E-state index is 12.6. The number of nitrogens with zero attached hydrogens (tertiary/aromatic N) is 1. The van der Waals surface area contributed by atoms with E-state index in [0.29, 0.717) is 6.07 Å². The number of carboxylic acid groups (broad SMARTS) is 1. The zero-order chi connectivity index (χ0) is 14.8. The lowest BCUT2D eigenvalue weighted by Crippen LogP contribution is -2.14. The number of halogens is 5. The summed E-state index contributed by atoms with van der Waals surface area (Å²) in [4.78, 5) is 10.7. The molecule has 4 nitrogen and oxygen atoms in total. The van der Waals surface area contributed by atoms with Crippen molar-refractivity contribution < 1.29 is 36.6 Å². The van der Waals surface area contributed by atoms with Crippen LogP contribution in [0.5, 0.6) is 5.75 Å². The Morgan fingerprint density at radius 1 is 1.37 bits per heavy atom. The molecule has 9 heteroatoms. The largest absolute Gasteiger partial charge is 0.478 e. The van der Waals surface area contributed by atoms with Gasteiger partial charge in [-0.2, -0.15) is 27.2 Å². The van der Waals surface area contributed by atoms with Gasteiger partial charge >= 0.3 is 18.8 Å². The molecule has 0 fully saturated rings. The van der Waals surface area contributed by atoms with E-state index in [0.717, 1.165) is 0 Å². The quantitative estimate of drug-likeness (QED) is 0.865. The van der Waals surface area contributed by atoms with Crippen molar-refractivity contribution in [3.8, 4) is 11.8 Å². The van der Waals surface area contributed by atoms with E-state index in [1.807, 2.05) is 0 Å². The number of benzene rings is 1. The Labute approximate surface area is 102 Å². The van der Waals surface area contributed by atoms with Gasteiger partial charge in [0.2, 0.25) is 0 Å². The Bertz CT molecular complexity index is 547. The lowest BCUT2D eigenvalue weighted by Gasteiger charge is -2.14. The number of carboxylic acids is 1. The predicted octanol–water partition coefficient (Wildman–Crippen LogP) is 2.88. The molecule has 0 aliphatic rings. The summed E-state index contributed by atoms with van der Waals surface area (Å²) in [7, 11) is 0. The molecule has 19 heavy (non-hydrogen) atoms. The zero-order valence-corrected chi connectivity index (χ0v) is 8.83. The summed E-state index contributed by atoms with van der Waals surface area (Å²) in [5, 5.41) is 17.2. The van der Waals surface area contributed by atoms with Crippen LogP contribution < -0.4 is 4.74 Å². The average Bonchev–Trinajstić information content (AvgIpc) is 2.25. The Morgan fingerprint density at radius 3 is 2.32 bits per heavy atom. The van der Waals surface area contributed by atoms with Crippen LogP contribution in [0, 0.1) is 11.3 Å². The van der Waals surface area contributed by atoms with Gasteiger partial charge in [-0.25, -0.2) is 4.79 Å². The second kappa shape index (κ2) is 5.09. The van der Waals surface area contributed by atoms with Crippen LogP contribution in [0.3, 0.4) is 0 Å². The summed E-state index contributed by atoms with van der Waals surface area (Å²) in [5.74, 6) is -3.09. The smallest absolute Gasteiger partial charge is 0.419 e. The Hall–Kier alpha value is -2.37. The van der Waals surface area contributed by atoms with Gasteiger partial charge in [0.1, 0.15) is 11.8 Å². The molecule has 0 spiro atoms. The number of hydrogen-bond acceptors (Lipinski definition) is 3. The monoisotopic (exact) mass is 281 g/mol. The summed E-state index contributed by atoms with van der Waals surface area (Å²) in [6.07, 6.45) is -5.09. The standard InChI is InChI=1S/C10H4F5NO3/c11-9(12)19-7-1-4(3-16)5(8(17)18)2-6(7)10(13,14)15/h1-2,9H,(H,17,18). The molecule has 102 valence electrons. The SMILES string of the molecule is N#Cc1cc(OC(F)F)c(C(F)(F)F)cc1C(=O)O. The number of ether oxygens (including phenoxy) is 1. The fraction of sp³-hybridized carbons (Fsp3) is 0.200. The normalized spacial score (nSPS) is 11.2. The molecule has 0 radical (unpaired) electrons. The second-order valence-electron chi connectivity index (χ2n) is 3.19. The number of hydrogen-bond donors (Lipinski definition) is 1. The van der Waals surface area contributed by atoms with E-state index in [4.69, 9.17) is 10.4 Å². The van der Waals surface area contributed by atoms with Gasteiger partial charge in [-0.1, -0.05) is 0 Å². The molecule has 0 saturated heterocycles. The molecule has 0 aliphatic heterocycles. The van der Waals surface area contributed by atoms with Gasteiger partial charge in [-0.05, 0) is 12.1 Å². The van der Waals surface area contributed by atoms with Crippen molar-refractivity contribution in [2.45, 2.75) is 12.8 Å². The molecule has 1 rings (SSSR count). The Kier molecular flexibility index (Phi) is 3.94. The fourth-order valence-corrected chi connectivity index (χ4v) is 1.26. The highest BCUT2D eigenvalue weighted by Gasteiger charge is 2.37. The average molecular weight is 281 g/mol. The van der Waals surface area contributed by atoms with E-state index in [2.05, 4.69) is 4.74 Å². The summed E-state index contributed by atoms with van der Waals surface area (Å²) in [6, 6.07) is 1.70. The van der Waals surface area contributed by atoms with Gasteiger partial charge in [0, 0.05) is 0 Å².